The van der Waals surface area contributed by atoms with Crippen LogP contribution in [0.4, 0.5) is 4.39 Å². The average molecular weight is 327 g/mol. The zero-order valence-corrected chi connectivity index (χ0v) is 12.5. The van der Waals surface area contributed by atoms with E-state index >= 15 is 0 Å². The number of aromatic amines is 1. The molecule has 118 valence electrons. The molecule has 1 aliphatic heterocycles. The van der Waals surface area contributed by atoms with Crippen LogP contribution < -0.4 is 10.9 Å². The Balaban J connectivity index is 0.000000246. The van der Waals surface area contributed by atoms with Crippen LogP contribution in [0.15, 0.2) is 23.1 Å². The molecule has 2 aromatic heterocycles. The molecule has 2 aromatic rings. The number of pyridine rings is 1. The van der Waals surface area contributed by atoms with Crippen LogP contribution >= 0.6 is 11.6 Å². The van der Waals surface area contributed by atoms with Gasteiger partial charge in [-0.2, -0.15) is 9.37 Å². The van der Waals surface area contributed by atoms with Crippen molar-refractivity contribution in [2.75, 3.05) is 13.1 Å². The highest BCUT2D eigenvalue weighted by atomic mass is 35.5. The zero-order valence-electron chi connectivity index (χ0n) is 11.8. The number of aromatic nitrogens is 3. The molecule has 0 spiro atoms. The molecule has 0 aromatic carbocycles. The van der Waals surface area contributed by atoms with Gasteiger partial charge in [-0.15, -0.1) is 0 Å². The van der Waals surface area contributed by atoms with Crippen LogP contribution in [0.25, 0.3) is 11.4 Å². The van der Waals surface area contributed by atoms with Crippen molar-refractivity contribution in [3.05, 3.63) is 39.7 Å². The van der Waals surface area contributed by atoms with Crippen molar-refractivity contribution >= 4 is 11.6 Å². The molecule has 22 heavy (non-hydrogen) atoms. The van der Waals surface area contributed by atoms with Crippen molar-refractivity contribution in [2.45, 2.75) is 19.3 Å². The standard InChI is InChI=1S/C9H5ClFN3O2.C5H11N/c10-6-8(15)13-7(14-9(6)16)4-1-2-12-5(11)3-4;1-2-4-6-5-3-1/h1-3H,(H2,13,14,15,16);6H,1-5H2. The third-order valence-electron chi connectivity index (χ3n) is 3.05. The molecule has 6 nitrogen and oxygen atoms in total. The van der Waals surface area contributed by atoms with Gasteiger partial charge >= 0.3 is 0 Å². The van der Waals surface area contributed by atoms with Gasteiger partial charge in [-0.1, -0.05) is 18.0 Å². The second-order valence-corrected chi connectivity index (χ2v) is 5.11. The van der Waals surface area contributed by atoms with Crippen molar-refractivity contribution in [1.29, 1.82) is 0 Å². The second kappa shape index (κ2) is 7.86. The molecule has 0 atom stereocenters. The van der Waals surface area contributed by atoms with Crippen LogP contribution in [0, 0.1) is 5.95 Å². The minimum atomic E-state index is -0.713. The SMILES string of the molecule is C1CCNCC1.O=c1[nH]c(-c2ccnc(F)c2)nc(O)c1Cl. The number of H-pyrrole nitrogens is 1. The van der Waals surface area contributed by atoms with Gasteiger partial charge < -0.3 is 15.4 Å². The zero-order chi connectivity index (χ0) is 15.9. The topological polar surface area (TPSA) is 90.9 Å². The fraction of sp³-hybridized carbons (Fsp3) is 0.357. The third kappa shape index (κ3) is 4.51. The Morgan fingerprint density at radius 2 is 2.00 bits per heavy atom. The number of nitrogens with one attached hydrogen (secondary N) is 2. The number of rotatable bonds is 1. The summed E-state index contributed by atoms with van der Waals surface area (Å²) in [5, 5.41) is 12.1. The minimum Gasteiger partial charge on any atom is -0.492 e. The van der Waals surface area contributed by atoms with E-state index in [1.165, 1.54) is 44.6 Å². The Bertz CT molecular complexity index is 677. The minimum absolute atomic E-state index is 0.0215. The van der Waals surface area contributed by atoms with E-state index in [2.05, 4.69) is 20.3 Å². The van der Waals surface area contributed by atoms with Crippen molar-refractivity contribution in [3.63, 3.8) is 0 Å². The van der Waals surface area contributed by atoms with E-state index in [9.17, 15) is 14.3 Å². The lowest BCUT2D eigenvalue weighted by molar-refractivity contribution is 0.452. The Morgan fingerprint density at radius 3 is 2.50 bits per heavy atom. The second-order valence-electron chi connectivity index (χ2n) is 4.73. The van der Waals surface area contributed by atoms with Crippen LogP contribution in [0.5, 0.6) is 5.88 Å². The molecule has 0 aliphatic carbocycles. The van der Waals surface area contributed by atoms with Crippen molar-refractivity contribution in [2.24, 2.45) is 0 Å². The number of piperidine rings is 1. The van der Waals surface area contributed by atoms with Crippen molar-refractivity contribution < 1.29 is 9.50 Å². The van der Waals surface area contributed by atoms with Gasteiger partial charge in [0.2, 0.25) is 11.8 Å². The first-order chi connectivity index (χ1) is 10.6. The maximum Gasteiger partial charge on any atom is 0.273 e. The van der Waals surface area contributed by atoms with E-state index < -0.39 is 22.4 Å². The number of hydrogen-bond donors (Lipinski definition) is 3. The lowest BCUT2D eigenvalue weighted by Crippen LogP contribution is -2.21. The molecule has 0 saturated carbocycles. The molecule has 0 unspecified atom stereocenters. The van der Waals surface area contributed by atoms with Gasteiger partial charge in [0.25, 0.3) is 5.56 Å². The fourth-order valence-electron chi connectivity index (χ4n) is 1.94. The van der Waals surface area contributed by atoms with Crippen LogP contribution in [0.3, 0.4) is 0 Å². The molecular formula is C14H16ClFN4O2. The Morgan fingerprint density at radius 1 is 1.27 bits per heavy atom. The molecule has 3 N–H and O–H groups in total. The van der Waals surface area contributed by atoms with E-state index in [4.69, 9.17) is 11.6 Å². The number of nitrogens with zero attached hydrogens (tertiary/aromatic N) is 2. The quantitative estimate of drug-likeness (QED) is 0.698. The molecule has 1 aliphatic rings. The Labute approximate surface area is 131 Å². The Kier molecular flexibility index (Phi) is 5.85. The molecule has 0 amide bonds. The molecule has 8 heteroatoms. The smallest absolute Gasteiger partial charge is 0.273 e. The monoisotopic (exact) mass is 326 g/mol. The predicted molar refractivity (Wildman–Crippen MR) is 81.4 cm³/mol. The first-order valence-electron chi connectivity index (χ1n) is 6.89. The molecule has 3 rings (SSSR count). The number of halogens is 2. The van der Waals surface area contributed by atoms with Crippen LogP contribution in [-0.2, 0) is 0 Å². The van der Waals surface area contributed by atoms with Crippen LogP contribution in [-0.4, -0.2) is 33.1 Å². The van der Waals surface area contributed by atoms with E-state index in [0.29, 0.717) is 0 Å². The first-order valence-corrected chi connectivity index (χ1v) is 7.27. The summed E-state index contributed by atoms with van der Waals surface area (Å²) in [6, 6.07) is 2.51. The van der Waals surface area contributed by atoms with Gasteiger partial charge in [-0.05, 0) is 32.0 Å². The van der Waals surface area contributed by atoms with Gasteiger partial charge in [-0.3, -0.25) is 4.79 Å². The van der Waals surface area contributed by atoms with E-state index in [-0.39, 0.29) is 11.4 Å². The van der Waals surface area contributed by atoms with E-state index in [0.717, 1.165) is 6.07 Å². The molecule has 3 heterocycles. The van der Waals surface area contributed by atoms with E-state index in [1.807, 2.05) is 0 Å². The van der Waals surface area contributed by atoms with Gasteiger partial charge in [0.15, 0.2) is 5.02 Å². The van der Waals surface area contributed by atoms with E-state index in [1.54, 1.807) is 0 Å². The number of hydrogen-bond acceptors (Lipinski definition) is 5. The third-order valence-corrected chi connectivity index (χ3v) is 3.39. The summed E-state index contributed by atoms with van der Waals surface area (Å²) in [6.07, 6.45) is 5.43. The normalized spacial score (nSPS) is 14.1. The molecule has 1 fully saturated rings. The summed E-state index contributed by atoms with van der Waals surface area (Å²) >= 11 is 5.43. The van der Waals surface area contributed by atoms with Crippen LogP contribution in [0.1, 0.15) is 19.3 Å². The lowest BCUT2D eigenvalue weighted by Gasteiger charge is -2.08. The maximum absolute atomic E-state index is 12.8. The fourth-order valence-corrected chi connectivity index (χ4v) is 2.02. The highest BCUT2D eigenvalue weighted by Crippen LogP contribution is 2.19. The van der Waals surface area contributed by atoms with Gasteiger partial charge in [0, 0.05) is 17.8 Å². The summed E-state index contributed by atoms with van der Waals surface area (Å²) < 4.78 is 12.8. The van der Waals surface area contributed by atoms with Gasteiger partial charge in [0.1, 0.15) is 5.82 Å². The molecular weight excluding hydrogens is 311 g/mol. The van der Waals surface area contributed by atoms with Gasteiger partial charge in [-0.25, -0.2) is 4.98 Å². The number of aromatic hydroxyl groups is 1. The lowest BCUT2D eigenvalue weighted by atomic mass is 10.2. The predicted octanol–water partition coefficient (Wildman–Crippen LogP) is 2.09. The molecule has 0 bridgehead atoms. The Hall–Kier alpha value is -1.99. The van der Waals surface area contributed by atoms with Crippen molar-refractivity contribution in [1.82, 2.24) is 20.3 Å². The summed E-state index contributed by atoms with van der Waals surface area (Å²) in [5.74, 6) is -1.29. The summed E-state index contributed by atoms with van der Waals surface area (Å²) in [6.45, 7) is 2.50. The summed E-state index contributed by atoms with van der Waals surface area (Å²) in [4.78, 5) is 20.5. The van der Waals surface area contributed by atoms with Gasteiger partial charge in [0.05, 0.1) is 0 Å². The van der Waals surface area contributed by atoms with Crippen molar-refractivity contribution in [3.8, 4) is 17.3 Å². The molecule has 1 saturated heterocycles. The van der Waals surface area contributed by atoms with Crippen LogP contribution in [0.2, 0.25) is 5.02 Å². The summed E-state index contributed by atoms with van der Waals surface area (Å²) in [7, 11) is 0. The average Bonchev–Trinajstić information content (AvgIpc) is 2.54. The molecule has 0 radical (unpaired) electrons. The highest BCUT2D eigenvalue weighted by Gasteiger charge is 2.09. The maximum atomic E-state index is 12.8. The largest absolute Gasteiger partial charge is 0.492 e. The highest BCUT2D eigenvalue weighted by molar-refractivity contribution is 6.31. The summed E-state index contributed by atoms with van der Waals surface area (Å²) in [5.41, 5.74) is -0.405. The first kappa shape index (κ1) is 16.4.